The molecule has 0 saturated heterocycles. The van der Waals surface area contributed by atoms with Crippen LogP contribution in [-0.2, 0) is 5.41 Å². The molecule has 0 radical (unpaired) electrons. The van der Waals surface area contributed by atoms with Gasteiger partial charge in [-0.3, -0.25) is 0 Å². The van der Waals surface area contributed by atoms with Crippen molar-refractivity contribution in [3.8, 4) is 0 Å². The number of nitrogens with zero attached hydrogens (tertiary/aromatic N) is 1. The summed E-state index contributed by atoms with van der Waals surface area (Å²) < 4.78 is 29.6. The van der Waals surface area contributed by atoms with Gasteiger partial charge < -0.3 is 9.52 Å². The maximum atomic E-state index is 12.4. The van der Waals surface area contributed by atoms with Gasteiger partial charge in [-0.15, -0.1) is 0 Å². The van der Waals surface area contributed by atoms with Gasteiger partial charge in [-0.1, -0.05) is 20.8 Å². The SMILES string of the molecule is CC(C)(C)c1nc(C(F)F)c(C(=O)O)o1. The van der Waals surface area contributed by atoms with E-state index in [9.17, 15) is 13.6 Å². The first-order valence-electron chi connectivity index (χ1n) is 4.26. The molecule has 1 aromatic heterocycles. The molecule has 0 aliphatic heterocycles. The molecular formula is C9H11F2NO3. The molecular weight excluding hydrogens is 208 g/mol. The maximum Gasteiger partial charge on any atom is 0.374 e. The summed E-state index contributed by atoms with van der Waals surface area (Å²) in [5.41, 5.74) is -1.41. The molecule has 1 aromatic rings. The Morgan fingerprint density at radius 3 is 2.27 bits per heavy atom. The molecule has 0 amide bonds. The van der Waals surface area contributed by atoms with Gasteiger partial charge in [-0.2, -0.15) is 0 Å². The Hall–Kier alpha value is -1.46. The molecule has 0 fully saturated rings. The van der Waals surface area contributed by atoms with Crippen LogP contribution in [0.15, 0.2) is 4.42 Å². The first kappa shape index (κ1) is 11.6. The molecule has 0 saturated carbocycles. The molecule has 15 heavy (non-hydrogen) atoms. The summed E-state index contributed by atoms with van der Waals surface area (Å²) in [5, 5.41) is 8.63. The van der Waals surface area contributed by atoms with E-state index in [1.807, 2.05) is 0 Å². The van der Waals surface area contributed by atoms with E-state index < -0.39 is 29.3 Å². The van der Waals surface area contributed by atoms with Gasteiger partial charge in [0.25, 0.3) is 6.43 Å². The van der Waals surface area contributed by atoms with Crippen LogP contribution in [0, 0.1) is 0 Å². The van der Waals surface area contributed by atoms with E-state index in [4.69, 9.17) is 9.52 Å². The van der Waals surface area contributed by atoms with Gasteiger partial charge in [0.15, 0.2) is 5.69 Å². The lowest BCUT2D eigenvalue weighted by molar-refractivity contribution is 0.0642. The maximum absolute atomic E-state index is 12.4. The second-order valence-corrected chi connectivity index (χ2v) is 4.09. The molecule has 0 aromatic carbocycles. The highest BCUT2D eigenvalue weighted by molar-refractivity contribution is 5.85. The number of carboxylic acids is 1. The van der Waals surface area contributed by atoms with Gasteiger partial charge in [0.05, 0.1) is 0 Å². The minimum Gasteiger partial charge on any atom is -0.475 e. The minimum atomic E-state index is -2.95. The number of rotatable bonds is 2. The van der Waals surface area contributed by atoms with Crippen LogP contribution in [0.2, 0.25) is 0 Å². The van der Waals surface area contributed by atoms with E-state index in [-0.39, 0.29) is 5.89 Å². The summed E-state index contributed by atoms with van der Waals surface area (Å²) in [5.74, 6) is -2.32. The molecule has 0 bridgehead atoms. The lowest BCUT2D eigenvalue weighted by Crippen LogP contribution is -2.11. The number of alkyl halides is 2. The second-order valence-electron chi connectivity index (χ2n) is 4.09. The molecule has 1 heterocycles. The van der Waals surface area contributed by atoms with Crippen LogP contribution < -0.4 is 0 Å². The average molecular weight is 219 g/mol. The van der Waals surface area contributed by atoms with Crippen LogP contribution in [0.3, 0.4) is 0 Å². The van der Waals surface area contributed by atoms with Crippen molar-refractivity contribution < 1.29 is 23.1 Å². The number of carboxylic acid groups (broad SMARTS) is 1. The summed E-state index contributed by atoms with van der Waals surface area (Å²) in [6.45, 7) is 5.08. The van der Waals surface area contributed by atoms with Crippen LogP contribution in [0.1, 0.15) is 49.3 Å². The highest BCUT2D eigenvalue weighted by atomic mass is 19.3. The van der Waals surface area contributed by atoms with Gasteiger partial charge in [-0.05, 0) is 0 Å². The fourth-order valence-electron chi connectivity index (χ4n) is 0.954. The van der Waals surface area contributed by atoms with Gasteiger partial charge in [0.1, 0.15) is 0 Å². The zero-order valence-corrected chi connectivity index (χ0v) is 8.54. The number of oxazole rings is 1. The van der Waals surface area contributed by atoms with Crippen LogP contribution in [0.4, 0.5) is 8.78 Å². The lowest BCUT2D eigenvalue weighted by atomic mass is 9.97. The number of hydrogen-bond donors (Lipinski definition) is 1. The fourth-order valence-corrected chi connectivity index (χ4v) is 0.954. The third kappa shape index (κ3) is 2.31. The monoisotopic (exact) mass is 219 g/mol. The smallest absolute Gasteiger partial charge is 0.374 e. The van der Waals surface area contributed by atoms with E-state index in [0.29, 0.717) is 0 Å². The number of hydrogen-bond acceptors (Lipinski definition) is 3. The standard InChI is InChI=1S/C9H11F2NO3/c1-9(2,3)8-12-4(6(10)11)5(15-8)7(13)14/h6H,1-3H3,(H,13,14). The van der Waals surface area contributed by atoms with Crippen molar-refractivity contribution in [1.82, 2.24) is 4.98 Å². The second kappa shape index (κ2) is 3.60. The van der Waals surface area contributed by atoms with Gasteiger partial charge in [-0.25, -0.2) is 18.6 Å². The highest BCUT2D eigenvalue weighted by Gasteiger charge is 2.30. The molecule has 0 unspecified atom stereocenters. The van der Waals surface area contributed by atoms with Gasteiger partial charge in [0, 0.05) is 5.41 Å². The average Bonchev–Trinajstić information content (AvgIpc) is 2.45. The zero-order valence-electron chi connectivity index (χ0n) is 8.54. The Morgan fingerprint density at radius 2 is 2.00 bits per heavy atom. The van der Waals surface area contributed by atoms with Crippen LogP contribution in [0.25, 0.3) is 0 Å². The predicted molar refractivity (Wildman–Crippen MR) is 47.1 cm³/mol. The Balaban J connectivity index is 3.28. The Labute approximate surface area is 84.9 Å². The number of aromatic nitrogens is 1. The number of halogens is 2. The molecule has 0 spiro atoms. The first-order valence-corrected chi connectivity index (χ1v) is 4.26. The van der Waals surface area contributed by atoms with E-state index in [1.54, 1.807) is 20.8 Å². The van der Waals surface area contributed by atoms with E-state index in [1.165, 1.54) is 0 Å². The van der Waals surface area contributed by atoms with Crippen molar-refractivity contribution >= 4 is 5.97 Å². The molecule has 1 rings (SSSR count). The molecule has 0 aliphatic carbocycles. The Morgan fingerprint density at radius 1 is 1.47 bits per heavy atom. The highest BCUT2D eigenvalue weighted by Crippen LogP contribution is 2.29. The summed E-state index contributed by atoms with van der Waals surface area (Å²) in [6.07, 6.45) is -2.95. The first-order chi connectivity index (χ1) is 6.73. The van der Waals surface area contributed by atoms with Crippen LogP contribution >= 0.6 is 0 Å². The van der Waals surface area contributed by atoms with Crippen molar-refractivity contribution in [1.29, 1.82) is 0 Å². The predicted octanol–water partition coefficient (Wildman–Crippen LogP) is 2.61. The van der Waals surface area contributed by atoms with Crippen LogP contribution in [0.5, 0.6) is 0 Å². The zero-order chi connectivity index (χ0) is 11.8. The fraction of sp³-hybridized carbons (Fsp3) is 0.556. The van der Waals surface area contributed by atoms with Crippen molar-refractivity contribution in [3.05, 3.63) is 17.3 Å². The molecule has 84 valence electrons. The van der Waals surface area contributed by atoms with Crippen molar-refractivity contribution in [2.24, 2.45) is 0 Å². The summed E-state index contributed by atoms with van der Waals surface area (Å²) in [4.78, 5) is 14.1. The largest absolute Gasteiger partial charge is 0.475 e. The minimum absolute atomic E-state index is 0.00444. The molecule has 1 N–H and O–H groups in total. The molecule has 0 atom stereocenters. The van der Waals surface area contributed by atoms with E-state index >= 15 is 0 Å². The Kier molecular flexibility index (Phi) is 2.79. The lowest BCUT2D eigenvalue weighted by Gasteiger charge is -2.11. The quantitative estimate of drug-likeness (QED) is 0.830. The van der Waals surface area contributed by atoms with Crippen LogP contribution in [-0.4, -0.2) is 16.1 Å². The van der Waals surface area contributed by atoms with Gasteiger partial charge in [0.2, 0.25) is 11.7 Å². The molecule has 6 heteroatoms. The van der Waals surface area contributed by atoms with Gasteiger partial charge >= 0.3 is 5.97 Å². The molecule has 0 aliphatic rings. The van der Waals surface area contributed by atoms with E-state index in [0.717, 1.165) is 0 Å². The normalized spacial score (nSPS) is 12.1. The molecule has 4 nitrogen and oxygen atoms in total. The van der Waals surface area contributed by atoms with E-state index in [2.05, 4.69) is 4.98 Å². The topological polar surface area (TPSA) is 63.3 Å². The summed E-state index contributed by atoms with van der Waals surface area (Å²) in [6, 6.07) is 0. The summed E-state index contributed by atoms with van der Waals surface area (Å²) >= 11 is 0. The van der Waals surface area contributed by atoms with Crippen molar-refractivity contribution in [2.45, 2.75) is 32.6 Å². The number of aromatic carboxylic acids is 1. The Bertz CT molecular complexity index is 379. The number of carbonyl (C=O) groups is 1. The third-order valence-corrected chi connectivity index (χ3v) is 1.70. The van der Waals surface area contributed by atoms with Crippen molar-refractivity contribution in [3.63, 3.8) is 0 Å². The third-order valence-electron chi connectivity index (χ3n) is 1.70. The summed E-state index contributed by atoms with van der Waals surface area (Å²) in [7, 11) is 0. The van der Waals surface area contributed by atoms with Crippen molar-refractivity contribution in [2.75, 3.05) is 0 Å².